The average molecular weight is 789 g/mol. The van der Waals surface area contributed by atoms with E-state index in [1.165, 1.54) is 93.9 Å². The van der Waals surface area contributed by atoms with E-state index >= 15 is 0 Å². The summed E-state index contributed by atoms with van der Waals surface area (Å²) in [5, 5.41) is 2.97. The number of nitrogens with zero attached hydrogens (tertiary/aromatic N) is 2. The quantitative estimate of drug-likeness (QED) is 0.166. The molecule has 0 fully saturated rings. The molecule has 0 amide bonds. The van der Waals surface area contributed by atoms with Crippen molar-refractivity contribution < 1.29 is 0 Å². The van der Waals surface area contributed by atoms with E-state index in [0.717, 1.165) is 18.5 Å². The van der Waals surface area contributed by atoms with Gasteiger partial charge in [-0.05, 0) is 124 Å². The number of hydrogen-bond acceptors (Lipinski definition) is 2. The van der Waals surface area contributed by atoms with Crippen molar-refractivity contribution in [3.05, 3.63) is 216 Å². The zero-order chi connectivity index (χ0) is 40.0. The van der Waals surface area contributed by atoms with Crippen molar-refractivity contribution in [2.24, 2.45) is 0 Å². The lowest BCUT2D eigenvalue weighted by Crippen LogP contribution is -2.17. The molecule has 2 heterocycles. The largest absolute Gasteiger partial charge is 0.310 e. The Morgan fingerprint density at radius 2 is 1.35 bits per heavy atom. The first-order valence-corrected chi connectivity index (χ1v) is 22.2. The summed E-state index contributed by atoms with van der Waals surface area (Å²) in [6.45, 7) is 4.82. The fraction of sp³-hybridized carbons (Fsp3) is 0.123. The third kappa shape index (κ3) is 5.42. The molecule has 0 bridgehead atoms. The normalized spacial score (nSPS) is 18.2. The molecule has 2 unspecified atom stereocenters. The van der Waals surface area contributed by atoms with Crippen molar-refractivity contribution >= 4 is 56.2 Å². The topological polar surface area (TPSA) is 8.17 Å². The van der Waals surface area contributed by atoms with Crippen molar-refractivity contribution in [2.45, 2.75) is 48.2 Å². The highest BCUT2D eigenvalue weighted by Gasteiger charge is 2.39. The predicted molar refractivity (Wildman–Crippen MR) is 255 cm³/mol. The summed E-state index contributed by atoms with van der Waals surface area (Å²) in [6, 6.07) is 59.0. The molecule has 2 atom stereocenters. The summed E-state index contributed by atoms with van der Waals surface area (Å²) in [5.74, 6) is 0.368. The highest BCUT2D eigenvalue weighted by molar-refractivity contribution is 8.00. The Labute approximate surface area is 356 Å². The fourth-order valence-corrected chi connectivity index (χ4v) is 11.9. The number of rotatable bonds is 6. The van der Waals surface area contributed by atoms with Crippen molar-refractivity contribution in [1.29, 1.82) is 0 Å². The third-order valence-electron chi connectivity index (χ3n) is 13.4. The van der Waals surface area contributed by atoms with E-state index in [-0.39, 0.29) is 5.41 Å². The Morgan fingerprint density at radius 3 is 2.23 bits per heavy atom. The standard InChI is InChI=1S/C57H44N2S/c1-57(2)49-24-12-9-20-43(49)44-31-29-41(36-50(44)57)58(40-30-33-55-48(35-40)45-21-11-14-27-54(45)60-55)52-32-28-38(34-47(52)37-16-5-3-6-17-37)42-23-15-26-53-56(42)46-22-10-13-25-51(46)59(53)39-18-7-4-8-19-39/h3-8,10-11,13-36,45,54H,9,12H2,1-2H3. The average Bonchev–Trinajstić information content (AvgIpc) is 3.92. The van der Waals surface area contributed by atoms with Crippen LogP contribution in [0.25, 0.3) is 55.3 Å². The van der Waals surface area contributed by atoms with Crippen LogP contribution in [0.3, 0.4) is 0 Å². The van der Waals surface area contributed by atoms with Gasteiger partial charge in [0.25, 0.3) is 0 Å². The van der Waals surface area contributed by atoms with E-state index in [1.54, 1.807) is 0 Å². The highest BCUT2D eigenvalue weighted by Crippen LogP contribution is 2.55. The maximum Gasteiger partial charge on any atom is 0.0547 e. The minimum Gasteiger partial charge on any atom is -0.310 e. The SMILES string of the molecule is CC1(C)C2=CCCC=C2c2ccc(N(c3ccc4c(c3)C3C=CC=CC3S4)c3ccc(-c4cccc5c4c4ccccc4n5-c4ccccc4)cc3-c3ccccc3)cc21. The molecular formula is C57H44N2S. The van der Waals surface area contributed by atoms with Crippen molar-refractivity contribution in [3.63, 3.8) is 0 Å². The van der Waals surface area contributed by atoms with E-state index in [1.807, 2.05) is 11.8 Å². The molecule has 12 rings (SSSR count). The van der Waals surface area contributed by atoms with Gasteiger partial charge < -0.3 is 9.47 Å². The van der Waals surface area contributed by atoms with Crippen molar-refractivity contribution in [2.75, 3.05) is 4.90 Å². The Balaban J connectivity index is 1.09. The van der Waals surface area contributed by atoms with Crippen molar-refractivity contribution in [1.82, 2.24) is 4.57 Å². The van der Waals surface area contributed by atoms with Crippen LogP contribution in [0.1, 0.15) is 49.3 Å². The lowest BCUT2D eigenvalue weighted by Gasteiger charge is -2.30. The lowest BCUT2D eigenvalue weighted by molar-refractivity contribution is 0.654. The van der Waals surface area contributed by atoms with Crippen LogP contribution in [0.5, 0.6) is 0 Å². The van der Waals surface area contributed by atoms with Crippen LogP contribution >= 0.6 is 11.8 Å². The van der Waals surface area contributed by atoms with Gasteiger partial charge in [0.1, 0.15) is 0 Å². The molecule has 3 heteroatoms. The number of anilines is 3. The Bertz CT molecular complexity index is 3160. The molecule has 0 saturated heterocycles. The van der Waals surface area contributed by atoms with Gasteiger partial charge in [-0.25, -0.2) is 0 Å². The minimum absolute atomic E-state index is 0.0754. The van der Waals surface area contributed by atoms with Gasteiger partial charge in [0.15, 0.2) is 0 Å². The third-order valence-corrected chi connectivity index (χ3v) is 14.7. The van der Waals surface area contributed by atoms with E-state index in [2.05, 4.69) is 217 Å². The molecule has 1 aliphatic heterocycles. The van der Waals surface area contributed by atoms with E-state index in [9.17, 15) is 0 Å². The van der Waals surface area contributed by atoms with Crippen LogP contribution in [0.4, 0.5) is 17.1 Å². The van der Waals surface area contributed by atoms with E-state index < -0.39 is 0 Å². The first-order valence-electron chi connectivity index (χ1n) is 21.3. The van der Waals surface area contributed by atoms with Gasteiger partial charge in [-0.2, -0.15) is 0 Å². The summed E-state index contributed by atoms with van der Waals surface area (Å²) in [4.78, 5) is 3.92. The van der Waals surface area contributed by atoms with Gasteiger partial charge in [-0.15, -0.1) is 11.8 Å². The zero-order valence-electron chi connectivity index (χ0n) is 33.8. The first-order chi connectivity index (χ1) is 29.5. The molecule has 8 aromatic rings. The molecule has 288 valence electrons. The number of hydrogen-bond donors (Lipinski definition) is 0. The first kappa shape index (κ1) is 35.4. The summed E-state index contributed by atoms with van der Waals surface area (Å²) >= 11 is 1.99. The number of para-hydroxylation sites is 2. The van der Waals surface area contributed by atoms with Gasteiger partial charge in [0, 0.05) is 54.9 Å². The summed E-state index contributed by atoms with van der Waals surface area (Å²) < 4.78 is 2.41. The lowest BCUT2D eigenvalue weighted by atomic mass is 9.80. The van der Waals surface area contributed by atoms with Crippen molar-refractivity contribution in [3.8, 4) is 27.9 Å². The molecule has 0 spiro atoms. The van der Waals surface area contributed by atoms with Gasteiger partial charge in [0.2, 0.25) is 0 Å². The van der Waals surface area contributed by atoms with Gasteiger partial charge >= 0.3 is 0 Å². The molecule has 3 aliphatic carbocycles. The van der Waals surface area contributed by atoms with Crippen LogP contribution in [0, 0.1) is 0 Å². The molecular weight excluding hydrogens is 745 g/mol. The van der Waals surface area contributed by atoms with Crippen LogP contribution in [0.15, 0.2) is 205 Å². The van der Waals surface area contributed by atoms with Gasteiger partial charge in [-0.3, -0.25) is 0 Å². The molecule has 1 aromatic heterocycles. The molecule has 0 saturated carbocycles. The number of benzene rings is 7. The maximum atomic E-state index is 2.54. The molecule has 2 nitrogen and oxygen atoms in total. The smallest absolute Gasteiger partial charge is 0.0547 e. The molecule has 4 aliphatic rings. The summed E-state index contributed by atoms with van der Waals surface area (Å²) in [5.41, 5.74) is 19.0. The second kappa shape index (κ2) is 13.8. The van der Waals surface area contributed by atoms with E-state index in [4.69, 9.17) is 0 Å². The van der Waals surface area contributed by atoms with Crippen LogP contribution in [-0.2, 0) is 5.41 Å². The Kier molecular flexibility index (Phi) is 8.12. The number of aromatic nitrogens is 1. The second-order valence-electron chi connectivity index (χ2n) is 17.1. The molecule has 7 aromatic carbocycles. The summed E-state index contributed by atoms with van der Waals surface area (Å²) in [6.07, 6.45) is 16.3. The Hall–Kier alpha value is -6.55. The van der Waals surface area contributed by atoms with Crippen LogP contribution < -0.4 is 4.90 Å². The van der Waals surface area contributed by atoms with Gasteiger partial charge in [0.05, 0.1) is 16.7 Å². The maximum absolute atomic E-state index is 2.54. The number of thioether (sulfide) groups is 1. The number of allylic oxidation sites excluding steroid dienone is 7. The molecule has 0 N–H and O–H groups in total. The number of fused-ring (bicyclic) bond motifs is 9. The molecule has 60 heavy (non-hydrogen) atoms. The van der Waals surface area contributed by atoms with Crippen LogP contribution in [-0.4, -0.2) is 9.82 Å². The molecule has 0 radical (unpaired) electrons. The summed E-state index contributed by atoms with van der Waals surface area (Å²) in [7, 11) is 0. The highest BCUT2D eigenvalue weighted by atomic mass is 32.2. The zero-order valence-corrected chi connectivity index (χ0v) is 34.7. The van der Waals surface area contributed by atoms with Gasteiger partial charge in [-0.1, -0.05) is 141 Å². The second-order valence-corrected chi connectivity index (χ2v) is 18.3. The predicted octanol–water partition coefficient (Wildman–Crippen LogP) is 15.7. The van der Waals surface area contributed by atoms with Crippen LogP contribution in [0.2, 0.25) is 0 Å². The van der Waals surface area contributed by atoms with E-state index in [0.29, 0.717) is 11.2 Å². The fourth-order valence-electron chi connectivity index (χ4n) is 10.5. The minimum atomic E-state index is -0.0754. The Morgan fingerprint density at radius 1 is 0.600 bits per heavy atom. The monoisotopic (exact) mass is 788 g/mol.